The summed E-state index contributed by atoms with van der Waals surface area (Å²) in [5, 5.41) is 0.271. The van der Waals surface area contributed by atoms with Crippen LogP contribution in [0, 0.1) is 5.82 Å². The molecule has 43 heavy (non-hydrogen) atoms. The molecule has 4 aromatic rings. The van der Waals surface area contributed by atoms with Crippen molar-refractivity contribution in [3.05, 3.63) is 110 Å². The molecular formula is C33H35FN4O5. The van der Waals surface area contributed by atoms with Gasteiger partial charge in [-0.05, 0) is 54.5 Å². The maximum atomic E-state index is 13.3. The van der Waals surface area contributed by atoms with Crippen LogP contribution < -0.4 is 21.0 Å². The first kappa shape index (κ1) is 31.1. The van der Waals surface area contributed by atoms with Gasteiger partial charge in [-0.2, -0.15) is 0 Å². The van der Waals surface area contributed by atoms with E-state index in [1.165, 1.54) is 30.3 Å². The molecule has 0 unspecified atom stereocenters. The first-order valence-corrected chi connectivity index (χ1v) is 14.1. The van der Waals surface area contributed by atoms with Crippen molar-refractivity contribution in [1.82, 2.24) is 19.9 Å². The fourth-order valence-electron chi connectivity index (χ4n) is 4.36. The largest absolute Gasteiger partial charge is 0.438 e. The lowest BCUT2D eigenvalue weighted by molar-refractivity contribution is -0.150. The smallest absolute Gasteiger partial charge is 0.308 e. The van der Waals surface area contributed by atoms with E-state index in [-0.39, 0.29) is 40.2 Å². The van der Waals surface area contributed by atoms with E-state index in [0.717, 1.165) is 25.0 Å². The number of rotatable bonds is 11. The third-order valence-electron chi connectivity index (χ3n) is 6.59. The van der Waals surface area contributed by atoms with E-state index in [1.54, 1.807) is 36.7 Å². The highest BCUT2D eigenvalue weighted by Gasteiger charge is 2.19. The van der Waals surface area contributed by atoms with Crippen molar-refractivity contribution in [2.24, 2.45) is 0 Å². The van der Waals surface area contributed by atoms with E-state index in [2.05, 4.69) is 19.9 Å². The fraction of sp³-hybridized carbons (Fsp3) is 0.303. The molecule has 0 bridgehead atoms. The molecule has 10 heteroatoms. The molecule has 0 fully saturated rings. The molecule has 0 atom stereocenters. The van der Waals surface area contributed by atoms with Crippen LogP contribution in [0.1, 0.15) is 86.3 Å². The standard InChI is InChI=1S/C33H35FN4O5/c1-5-6-7-11-28(39)42-20-43-32-27(18-25-30(33(2,3)4)36-19-35-25)37-31(41)26(38-32)17-21-9-8-10-23(16-21)29(40)22-12-14-24(34)15-13-22/h8-10,12-19H,5-7,11,20H2,1-4H3,(H,35,36)(H,37,41)/b26-17-,27-18-. The third-order valence-corrected chi connectivity index (χ3v) is 6.59. The van der Waals surface area contributed by atoms with Crippen molar-refractivity contribution in [2.75, 3.05) is 6.79 Å². The first-order chi connectivity index (χ1) is 20.5. The number of carbonyl (C=O) groups excluding carboxylic acids is 2. The summed E-state index contributed by atoms with van der Waals surface area (Å²) >= 11 is 0. The van der Waals surface area contributed by atoms with Gasteiger partial charge in [0.25, 0.3) is 5.56 Å². The Balaban J connectivity index is 1.71. The average molecular weight is 587 g/mol. The van der Waals surface area contributed by atoms with Crippen LogP contribution >= 0.6 is 0 Å². The number of unbranched alkanes of at least 4 members (excludes halogenated alkanes) is 2. The number of H-pyrrole nitrogens is 2. The number of nitrogens with one attached hydrogen (secondary N) is 2. The summed E-state index contributed by atoms with van der Waals surface area (Å²) in [5.74, 6) is -1.08. The van der Waals surface area contributed by atoms with Crippen molar-refractivity contribution >= 4 is 23.9 Å². The summed E-state index contributed by atoms with van der Waals surface area (Å²) in [5.41, 5.74) is 1.92. The van der Waals surface area contributed by atoms with Gasteiger partial charge in [-0.15, -0.1) is 0 Å². The van der Waals surface area contributed by atoms with Crippen LogP contribution in [0.2, 0.25) is 0 Å². The topological polar surface area (TPSA) is 127 Å². The molecule has 9 nitrogen and oxygen atoms in total. The summed E-state index contributed by atoms with van der Waals surface area (Å²) in [7, 11) is 0. The number of ketones is 1. The number of aromatic nitrogens is 4. The van der Waals surface area contributed by atoms with Crippen LogP contribution in [0.3, 0.4) is 0 Å². The van der Waals surface area contributed by atoms with Gasteiger partial charge in [0.1, 0.15) is 16.5 Å². The number of ether oxygens (including phenoxy) is 2. The predicted molar refractivity (Wildman–Crippen MR) is 161 cm³/mol. The van der Waals surface area contributed by atoms with Gasteiger partial charge in [0.05, 0.1) is 12.0 Å². The average Bonchev–Trinajstić information content (AvgIpc) is 3.45. The van der Waals surface area contributed by atoms with Crippen molar-refractivity contribution < 1.29 is 23.5 Å². The number of benzene rings is 2. The Morgan fingerprint density at radius 1 is 1.02 bits per heavy atom. The summed E-state index contributed by atoms with van der Waals surface area (Å²) in [6.45, 7) is 7.75. The van der Waals surface area contributed by atoms with Crippen LogP contribution in [0.5, 0.6) is 5.88 Å². The molecule has 0 aliphatic rings. The van der Waals surface area contributed by atoms with Crippen molar-refractivity contribution in [3.63, 3.8) is 0 Å². The number of nitrogens with zero attached hydrogens (tertiary/aromatic N) is 2. The van der Waals surface area contributed by atoms with E-state index < -0.39 is 18.2 Å². The second-order valence-electron chi connectivity index (χ2n) is 11.1. The number of hydrogen-bond donors (Lipinski definition) is 2. The van der Waals surface area contributed by atoms with Gasteiger partial charge in [-0.25, -0.2) is 14.4 Å². The molecule has 0 saturated heterocycles. The van der Waals surface area contributed by atoms with E-state index >= 15 is 0 Å². The van der Waals surface area contributed by atoms with E-state index in [1.807, 2.05) is 27.7 Å². The zero-order chi connectivity index (χ0) is 31.0. The Labute approximate surface area is 248 Å². The van der Waals surface area contributed by atoms with Crippen LogP contribution in [0.25, 0.3) is 12.2 Å². The second kappa shape index (κ2) is 13.9. The Morgan fingerprint density at radius 3 is 2.51 bits per heavy atom. The number of aromatic amines is 2. The predicted octanol–water partition coefficient (Wildman–Crippen LogP) is 4.28. The van der Waals surface area contributed by atoms with E-state index in [9.17, 15) is 18.8 Å². The minimum Gasteiger partial charge on any atom is -0.438 e. The third kappa shape index (κ3) is 8.34. The monoisotopic (exact) mass is 586 g/mol. The molecule has 2 aromatic heterocycles. The molecule has 2 aromatic carbocycles. The maximum absolute atomic E-state index is 13.3. The summed E-state index contributed by atoms with van der Waals surface area (Å²) in [6.07, 6.45) is 7.64. The van der Waals surface area contributed by atoms with Crippen molar-refractivity contribution in [3.8, 4) is 5.88 Å². The Morgan fingerprint density at radius 2 is 1.79 bits per heavy atom. The molecule has 2 heterocycles. The lowest BCUT2D eigenvalue weighted by Crippen LogP contribution is -2.38. The van der Waals surface area contributed by atoms with Gasteiger partial charge >= 0.3 is 5.97 Å². The molecule has 0 spiro atoms. The van der Waals surface area contributed by atoms with Crippen molar-refractivity contribution in [2.45, 2.75) is 58.8 Å². The van der Waals surface area contributed by atoms with Crippen LogP contribution in [0.15, 0.2) is 59.7 Å². The van der Waals surface area contributed by atoms with Crippen LogP contribution in [-0.4, -0.2) is 38.5 Å². The van der Waals surface area contributed by atoms with Gasteiger partial charge in [0, 0.05) is 28.7 Å². The highest BCUT2D eigenvalue weighted by molar-refractivity contribution is 6.09. The van der Waals surface area contributed by atoms with Gasteiger partial charge in [0.15, 0.2) is 5.78 Å². The normalized spacial score (nSPS) is 12.4. The summed E-state index contributed by atoms with van der Waals surface area (Å²) < 4.78 is 24.3. The highest BCUT2D eigenvalue weighted by atomic mass is 19.1. The minimum absolute atomic E-state index is 0.0193. The van der Waals surface area contributed by atoms with Crippen molar-refractivity contribution in [1.29, 1.82) is 0 Å². The molecule has 0 aliphatic heterocycles. The number of hydrogen-bond acceptors (Lipinski definition) is 7. The lowest BCUT2D eigenvalue weighted by atomic mass is 9.90. The van der Waals surface area contributed by atoms with E-state index in [4.69, 9.17) is 9.47 Å². The molecule has 0 radical (unpaired) electrons. The molecule has 0 amide bonds. The van der Waals surface area contributed by atoms with Gasteiger partial charge in [0.2, 0.25) is 12.7 Å². The zero-order valence-electron chi connectivity index (χ0n) is 24.7. The van der Waals surface area contributed by atoms with Gasteiger partial charge < -0.3 is 19.4 Å². The number of carbonyl (C=O) groups is 2. The molecular weight excluding hydrogens is 551 g/mol. The Kier molecular flexibility index (Phi) is 10.0. The zero-order valence-corrected chi connectivity index (χ0v) is 24.7. The van der Waals surface area contributed by atoms with Gasteiger partial charge in [-0.1, -0.05) is 58.7 Å². The van der Waals surface area contributed by atoms with E-state index in [0.29, 0.717) is 22.4 Å². The molecule has 0 aliphatic carbocycles. The number of halogens is 1. The second-order valence-corrected chi connectivity index (χ2v) is 11.1. The fourth-order valence-corrected chi connectivity index (χ4v) is 4.36. The molecule has 224 valence electrons. The quantitative estimate of drug-likeness (QED) is 0.116. The number of esters is 1. The molecule has 4 rings (SSSR count). The molecule has 0 saturated carbocycles. The minimum atomic E-state index is -0.502. The van der Waals surface area contributed by atoms with Gasteiger partial charge in [-0.3, -0.25) is 14.4 Å². The lowest BCUT2D eigenvalue weighted by Gasteiger charge is -2.17. The maximum Gasteiger partial charge on any atom is 0.308 e. The summed E-state index contributed by atoms with van der Waals surface area (Å²) in [6, 6.07) is 11.9. The highest BCUT2D eigenvalue weighted by Crippen LogP contribution is 2.23. The van der Waals surface area contributed by atoms with Crippen LogP contribution in [0.4, 0.5) is 4.39 Å². The Hall–Kier alpha value is -4.86. The first-order valence-electron chi connectivity index (χ1n) is 14.1. The number of imidazole rings is 1. The molecule has 2 N–H and O–H groups in total. The Bertz CT molecular complexity index is 1770. The SMILES string of the molecule is CCCCCC(=O)OCOc1n/c(=C\c2cccc(C(=O)c3ccc(F)cc3)c2)c(=O)[nH]/c1=C\c1nc[nH]c1C(C)(C)C. The summed E-state index contributed by atoms with van der Waals surface area (Å²) in [4.78, 5) is 53.0. The van der Waals surface area contributed by atoms with Crippen LogP contribution in [-0.2, 0) is 14.9 Å².